The van der Waals surface area contributed by atoms with E-state index in [1.807, 2.05) is 20.8 Å². The van der Waals surface area contributed by atoms with Gasteiger partial charge < -0.3 is 4.74 Å². The summed E-state index contributed by atoms with van der Waals surface area (Å²) < 4.78 is 5.55. The third-order valence-corrected chi connectivity index (χ3v) is 1.64. The van der Waals surface area contributed by atoms with Gasteiger partial charge in [-0.3, -0.25) is 4.79 Å². The van der Waals surface area contributed by atoms with Crippen molar-refractivity contribution in [1.29, 1.82) is 0 Å². The van der Waals surface area contributed by atoms with Crippen LogP contribution in [0.25, 0.3) is 0 Å². The maximum Gasteiger partial charge on any atom is 0.213 e. The molecule has 0 atom stereocenters. The molecule has 76 valence electrons. The second-order valence-corrected chi connectivity index (χ2v) is 4.16. The van der Waals surface area contributed by atoms with Gasteiger partial charge in [-0.1, -0.05) is 0 Å². The largest absolute Gasteiger partial charge is 0.472 e. The molecule has 0 aromatic carbocycles. The van der Waals surface area contributed by atoms with Crippen LogP contribution in [-0.2, 0) is 0 Å². The summed E-state index contributed by atoms with van der Waals surface area (Å²) >= 11 is 0. The van der Waals surface area contributed by atoms with E-state index in [0.717, 1.165) is 6.29 Å². The molecule has 3 nitrogen and oxygen atoms in total. The highest BCUT2D eigenvalue weighted by molar-refractivity contribution is 5.76. The number of hydrogen-bond donors (Lipinski definition) is 0. The highest BCUT2D eigenvalue weighted by atomic mass is 16.5. The van der Waals surface area contributed by atoms with Gasteiger partial charge in [0.15, 0.2) is 6.29 Å². The van der Waals surface area contributed by atoms with Gasteiger partial charge in [0, 0.05) is 11.6 Å². The van der Waals surface area contributed by atoms with Crippen LogP contribution >= 0.6 is 0 Å². The first-order chi connectivity index (χ1) is 6.42. The molecule has 0 amide bonds. The molecule has 0 saturated carbocycles. The van der Waals surface area contributed by atoms with E-state index in [1.165, 1.54) is 0 Å². The number of carbonyl (C=O) groups excluding carboxylic acids is 1. The number of carbonyl (C=O) groups is 1. The Morgan fingerprint density at radius 2 is 2.00 bits per heavy atom. The number of ether oxygens (including phenoxy) is 1. The number of rotatable bonds is 2. The number of aromatic nitrogens is 1. The van der Waals surface area contributed by atoms with Crippen LogP contribution in [0.5, 0.6) is 5.88 Å². The zero-order valence-corrected chi connectivity index (χ0v) is 9.00. The van der Waals surface area contributed by atoms with E-state index in [9.17, 15) is 4.79 Å². The predicted molar refractivity (Wildman–Crippen MR) is 54.7 cm³/mol. The molecule has 0 aliphatic heterocycles. The van der Waals surface area contributed by atoms with Crippen LogP contribution < -0.4 is 4.74 Å². The molecule has 3 heteroatoms. The number of pyridine rings is 1. The number of aldehydes is 1. The Bertz CT molecular complexity index is 340. The molecule has 14 heavy (non-hydrogen) atoms. The van der Waals surface area contributed by atoms with Crippen molar-refractivity contribution in [3.63, 3.8) is 0 Å². The molecule has 0 unspecified atom stereocenters. The lowest BCUT2D eigenvalue weighted by Gasteiger charge is -2.20. The molecular formula is C11H15NO2. The fraction of sp³-hybridized carbons (Fsp3) is 0.455. The number of nitrogens with zero attached hydrogens (tertiary/aromatic N) is 1. The van der Waals surface area contributed by atoms with Crippen molar-refractivity contribution in [1.82, 2.24) is 4.98 Å². The zero-order valence-electron chi connectivity index (χ0n) is 9.00. The molecular weight excluding hydrogens is 178 g/mol. The van der Waals surface area contributed by atoms with Crippen LogP contribution in [0, 0.1) is 6.92 Å². The molecule has 0 fully saturated rings. The highest BCUT2D eigenvalue weighted by Crippen LogP contribution is 2.16. The van der Waals surface area contributed by atoms with E-state index in [-0.39, 0.29) is 5.60 Å². The minimum Gasteiger partial charge on any atom is -0.472 e. The molecule has 0 radical (unpaired) electrons. The van der Waals surface area contributed by atoms with Gasteiger partial charge >= 0.3 is 0 Å². The molecule has 0 aliphatic carbocycles. The average molecular weight is 193 g/mol. The first kappa shape index (κ1) is 10.7. The fourth-order valence-electron chi connectivity index (χ4n) is 1.04. The van der Waals surface area contributed by atoms with E-state index in [0.29, 0.717) is 17.1 Å². The molecule has 0 saturated heterocycles. The summed E-state index contributed by atoms with van der Waals surface area (Å²) in [6.07, 6.45) is 0.795. The summed E-state index contributed by atoms with van der Waals surface area (Å²) in [5.41, 5.74) is 1.04. The van der Waals surface area contributed by atoms with Crippen LogP contribution in [0.4, 0.5) is 0 Å². The Morgan fingerprint density at radius 1 is 1.36 bits per heavy atom. The van der Waals surface area contributed by atoms with Crippen LogP contribution in [0.3, 0.4) is 0 Å². The lowest BCUT2D eigenvalue weighted by Crippen LogP contribution is -2.23. The zero-order chi connectivity index (χ0) is 10.8. The van der Waals surface area contributed by atoms with Crippen LogP contribution in [0.15, 0.2) is 12.1 Å². The number of hydrogen-bond acceptors (Lipinski definition) is 3. The Hall–Kier alpha value is -1.38. The second kappa shape index (κ2) is 3.78. The summed E-state index contributed by atoms with van der Waals surface area (Å²) in [5, 5.41) is 0. The van der Waals surface area contributed by atoms with E-state index >= 15 is 0 Å². The van der Waals surface area contributed by atoms with Crippen LogP contribution in [0.2, 0.25) is 0 Å². The minimum atomic E-state index is -0.262. The van der Waals surface area contributed by atoms with E-state index in [4.69, 9.17) is 4.74 Å². The molecule has 1 aromatic rings. The molecule has 1 aromatic heterocycles. The van der Waals surface area contributed by atoms with E-state index in [2.05, 4.69) is 4.98 Å². The van der Waals surface area contributed by atoms with Crippen molar-refractivity contribution in [2.45, 2.75) is 33.3 Å². The summed E-state index contributed by atoms with van der Waals surface area (Å²) in [7, 11) is 0. The summed E-state index contributed by atoms with van der Waals surface area (Å²) in [6, 6.07) is 3.43. The van der Waals surface area contributed by atoms with Gasteiger partial charge in [-0.15, -0.1) is 0 Å². The average Bonchev–Trinajstić information content (AvgIpc) is 2.01. The predicted octanol–water partition coefficient (Wildman–Crippen LogP) is 2.38. The molecule has 0 spiro atoms. The minimum absolute atomic E-state index is 0.262. The van der Waals surface area contributed by atoms with Gasteiger partial charge in [0.05, 0.1) is 5.69 Å². The third kappa shape index (κ3) is 2.83. The molecule has 1 rings (SSSR count). The van der Waals surface area contributed by atoms with Crippen LogP contribution in [-0.4, -0.2) is 16.9 Å². The molecule has 0 N–H and O–H groups in total. The van der Waals surface area contributed by atoms with Crippen LogP contribution in [0.1, 0.15) is 36.8 Å². The summed E-state index contributed by atoms with van der Waals surface area (Å²) in [4.78, 5) is 14.7. The Morgan fingerprint density at radius 3 is 2.43 bits per heavy atom. The lowest BCUT2D eigenvalue weighted by molar-refractivity contribution is 0.112. The highest BCUT2D eigenvalue weighted by Gasteiger charge is 2.13. The van der Waals surface area contributed by atoms with Gasteiger partial charge in [-0.05, 0) is 33.8 Å². The summed E-state index contributed by atoms with van der Waals surface area (Å²) in [6.45, 7) is 7.66. The topological polar surface area (TPSA) is 39.2 Å². The Balaban J connectivity index is 2.92. The van der Waals surface area contributed by atoms with Gasteiger partial charge in [0.1, 0.15) is 5.60 Å². The molecule has 0 bridgehead atoms. The molecule has 1 heterocycles. The maximum atomic E-state index is 10.5. The standard InChI is InChI=1S/C11H15NO2/c1-8-9(7-13)5-6-10(12-8)14-11(2,3)4/h5-7H,1-4H3. The van der Waals surface area contributed by atoms with Crippen molar-refractivity contribution < 1.29 is 9.53 Å². The number of aryl methyl sites for hydroxylation is 1. The first-order valence-corrected chi connectivity index (χ1v) is 4.54. The first-order valence-electron chi connectivity index (χ1n) is 4.54. The van der Waals surface area contributed by atoms with Gasteiger partial charge in [-0.2, -0.15) is 0 Å². The SMILES string of the molecule is Cc1nc(OC(C)(C)C)ccc1C=O. The normalized spacial score (nSPS) is 11.1. The van der Waals surface area contributed by atoms with Crippen molar-refractivity contribution in [2.24, 2.45) is 0 Å². The lowest BCUT2D eigenvalue weighted by atomic mass is 10.2. The monoisotopic (exact) mass is 193 g/mol. The van der Waals surface area contributed by atoms with Crippen molar-refractivity contribution >= 4 is 6.29 Å². The van der Waals surface area contributed by atoms with Gasteiger partial charge in [-0.25, -0.2) is 4.98 Å². The van der Waals surface area contributed by atoms with Gasteiger partial charge in [0.25, 0.3) is 0 Å². The Labute approximate surface area is 84.1 Å². The molecule has 0 aliphatic rings. The van der Waals surface area contributed by atoms with Crippen molar-refractivity contribution in [3.05, 3.63) is 23.4 Å². The van der Waals surface area contributed by atoms with E-state index in [1.54, 1.807) is 19.1 Å². The van der Waals surface area contributed by atoms with Crippen molar-refractivity contribution in [2.75, 3.05) is 0 Å². The van der Waals surface area contributed by atoms with Gasteiger partial charge in [0.2, 0.25) is 5.88 Å². The van der Waals surface area contributed by atoms with E-state index < -0.39 is 0 Å². The van der Waals surface area contributed by atoms with Crippen molar-refractivity contribution in [3.8, 4) is 5.88 Å². The second-order valence-electron chi connectivity index (χ2n) is 4.16. The maximum absolute atomic E-state index is 10.5. The quantitative estimate of drug-likeness (QED) is 0.677. The fourth-order valence-corrected chi connectivity index (χ4v) is 1.04. The third-order valence-electron chi connectivity index (χ3n) is 1.64. The smallest absolute Gasteiger partial charge is 0.213 e. The summed E-state index contributed by atoms with van der Waals surface area (Å²) in [5.74, 6) is 0.556. The Kier molecular flexibility index (Phi) is 2.89.